The van der Waals surface area contributed by atoms with Gasteiger partial charge in [-0.05, 0) is 55.7 Å². The molecule has 1 aromatic heterocycles. The molecule has 1 saturated carbocycles. The number of benzene rings is 1. The largest absolute Gasteiger partial charge is 0.469 e. The van der Waals surface area contributed by atoms with E-state index in [1.54, 1.807) is 6.26 Å². The predicted octanol–water partition coefficient (Wildman–Crippen LogP) is 3.64. The molecule has 0 N–H and O–H groups in total. The number of amides is 1. The molecule has 2 aliphatic rings. The summed E-state index contributed by atoms with van der Waals surface area (Å²) in [6.07, 6.45) is 4.04. The lowest BCUT2D eigenvalue weighted by molar-refractivity contribution is -0.134. The Balaban J connectivity index is 1.40. The van der Waals surface area contributed by atoms with E-state index >= 15 is 0 Å². The van der Waals surface area contributed by atoms with E-state index < -0.39 is 0 Å². The molecule has 3 atom stereocenters. The Morgan fingerprint density at radius 2 is 1.96 bits per heavy atom. The summed E-state index contributed by atoms with van der Waals surface area (Å²) < 4.78 is 18.4. The number of nitrogens with zero attached hydrogens (tertiary/aromatic N) is 1. The molecule has 5 heteroatoms. The number of rotatable bonds is 4. The number of halogens is 1. The number of furan rings is 1. The van der Waals surface area contributed by atoms with E-state index in [0.29, 0.717) is 18.7 Å². The lowest BCUT2D eigenvalue weighted by Gasteiger charge is -2.32. The normalized spacial score (nSPS) is 25.6. The van der Waals surface area contributed by atoms with Gasteiger partial charge in [-0.3, -0.25) is 9.59 Å². The van der Waals surface area contributed by atoms with Gasteiger partial charge >= 0.3 is 0 Å². The number of Topliss-reactive ketones (excluding diaryl/α,β-unsaturated/α-hetero) is 1. The summed E-state index contributed by atoms with van der Waals surface area (Å²) in [6, 6.07) is 9.40. The zero-order valence-electron chi connectivity index (χ0n) is 13.9. The summed E-state index contributed by atoms with van der Waals surface area (Å²) in [7, 11) is 0. The average Bonchev–Trinajstić information content (AvgIpc) is 3.25. The highest BCUT2D eigenvalue weighted by atomic mass is 19.1. The Morgan fingerprint density at radius 1 is 1.16 bits per heavy atom. The van der Waals surface area contributed by atoms with Gasteiger partial charge in [0.15, 0.2) is 5.78 Å². The predicted molar refractivity (Wildman–Crippen MR) is 89.6 cm³/mol. The number of carbonyl (C=O) groups is 2. The molecule has 1 saturated heterocycles. The molecule has 130 valence electrons. The highest BCUT2D eigenvalue weighted by Crippen LogP contribution is 2.48. The molecule has 1 aliphatic heterocycles. The summed E-state index contributed by atoms with van der Waals surface area (Å²) in [5, 5.41) is 0. The molecule has 1 aliphatic carbocycles. The number of hydrogen-bond donors (Lipinski definition) is 0. The standard InChI is InChI=1S/C20H20FNO3/c21-15-7-5-13(6-8-15)19(23)14-3-1-9-22(12-14)20(24)17-11-16(17)18-4-2-10-25-18/h2,4-8,10,14,16-17H,1,3,9,11-12H2/t14-,16-,17+/m1/s1. The molecule has 1 amide bonds. The Labute approximate surface area is 145 Å². The minimum absolute atomic E-state index is 0.00381. The molecule has 0 bridgehead atoms. The zero-order valence-corrected chi connectivity index (χ0v) is 13.9. The molecule has 25 heavy (non-hydrogen) atoms. The van der Waals surface area contributed by atoms with E-state index in [1.165, 1.54) is 24.3 Å². The van der Waals surface area contributed by atoms with Crippen LogP contribution < -0.4 is 0 Å². The van der Waals surface area contributed by atoms with E-state index in [-0.39, 0.29) is 35.3 Å². The fourth-order valence-electron chi connectivity index (χ4n) is 3.76. The van der Waals surface area contributed by atoms with Crippen molar-refractivity contribution in [2.24, 2.45) is 11.8 Å². The van der Waals surface area contributed by atoms with Gasteiger partial charge in [0.25, 0.3) is 0 Å². The summed E-state index contributed by atoms with van der Waals surface area (Å²) >= 11 is 0. The van der Waals surface area contributed by atoms with Gasteiger partial charge < -0.3 is 9.32 Å². The first-order valence-corrected chi connectivity index (χ1v) is 8.75. The van der Waals surface area contributed by atoms with Gasteiger partial charge in [0.05, 0.1) is 6.26 Å². The van der Waals surface area contributed by atoms with Gasteiger partial charge in [0.1, 0.15) is 11.6 Å². The van der Waals surface area contributed by atoms with Crippen LogP contribution in [-0.4, -0.2) is 29.7 Å². The number of piperidine rings is 1. The monoisotopic (exact) mass is 341 g/mol. The van der Waals surface area contributed by atoms with Crippen LogP contribution in [0.5, 0.6) is 0 Å². The zero-order chi connectivity index (χ0) is 17.4. The number of ketones is 1. The fourth-order valence-corrected chi connectivity index (χ4v) is 3.76. The second kappa shape index (κ2) is 6.47. The molecular weight excluding hydrogens is 321 g/mol. The Bertz CT molecular complexity index is 769. The van der Waals surface area contributed by atoms with Gasteiger partial charge in [-0.1, -0.05) is 0 Å². The molecule has 2 fully saturated rings. The maximum Gasteiger partial charge on any atom is 0.226 e. The van der Waals surface area contributed by atoms with Crippen molar-refractivity contribution in [1.82, 2.24) is 4.90 Å². The first-order chi connectivity index (χ1) is 12.1. The van der Waals surface area contributed by atoms with Crippen molar-refractivity contribution in [3.8, 4) is 0 Å². The number of likely N-dealkylation sites (tertiary alicyclic amines) is 1. The van der Waals surface area contributed by atoms with Crippen LogP contribution in [-0.2, 0) is 4.79 Å². The lowest BCUT2D eigenvalue weighted by Crippen LogP contribution is -2.43. The van der Waals surface area contributed by atoms with E-state index in [2.05, 4.69) is 0 Å². The Morgan fingerprint density at radius 3 is 2.68 bits per heavy atom. The minimum atomic E-state index is -0.352. The SMILES string of the molecule is O=C(c1ccc(F)cc1)[C@@H]1CCCN(C(=O)[C@H]2C[C@H]2c2ccco2)C1. The van der Waals surface area contributed by atoms with Crippen LogP contribution in [0.15, 0.2) is 47.1 Å². The third kappa shape index (κ3) is 3.23. The van der Waals surface area contributed by atoms with Crippen molar-refractivity contribution < 1.29 is 18.4 Å². The van der Waals surface area contributed by atoms with E-state index in [4.69, 9.17) is 4.42 Å². The summed E-state index contributed by atoms with van der Waals surface area (Å²) in [5.41, 5.74) is 0.514. The van der Waals surface area contributed by atoms with E-state index in [9.17, 15) is 14.0 Å². The van der Waals surface area contributed by atoms with Crippen molar-refractivity contribution in [3.63, 3.8) is 0 Å². The summed E-state index contributed by atoms with van der Waals surface area (Å²) in [6.45, 7) is 1.16. The van der Waals surface area contributed by atoms with Crippen molar-refractivity contribution in [3.05, 3.63) is 59.8 Å². The Hall–Kier alpha value is -2.43. The van der Waals surface area contributed by atoms with Gasteiger partial charge in [-0.25, -0.2) is 4.39 Å². The quantitative estimate of drug-likeness (QED) is 0.798. The van der Waals surface area contributed by atoms with Gasteiger partial charge in [-0.2, -0.15) is 0 Å². The van der Waals surface area contributed by atoms with Crippen molar-refractivity contribution in [2.75, 3.05) is 13.1 Å². The van der Waals surface area contributed by atoms with Crippen molar-refractivity contribution >= 4 is 11.7 Å². The highest BCUT2D eigenvalue weighted by Gasteiger charge is 2.48. The fraction of sp³-hybridized carbons (Fsp3) is 0.400. The molecular formula is C20H20FNO3. The van der Waals surface area contributed by atoms with Crippen LogP contribution in [0.2, 0.25) is 0 Å². The molecule has 4 nitrogen and oxygen atoms in total. The third-order valence-corrected chi connectivity index (χ3v) is 5.25. The number of hydrogen-bond acceptors (Lipinski definition) is 3. The van der Waals surface area contributed by atoms with Crippen LogP contribution >= 0.6 is 0 Å². The summed E-state index contributed by atoms with van der Waals surface area (Å²) in [4.78, 5) is 27.2. The van der Waals surface area contributed by atoms with E-state index in [1.807, 2.05) is 17.0 Å². The number of carbonyl (C=O) groups excluding carboxylic acids is 2. The highest BCUT2D eigenvalue weighted by molar-refractivity contribution is 5.98. The topological polar surface area (TPSA) is 50.5 Å². The van der Waals surface area contributed by atoms with Crippen LogP contribution in [0.3, 0.4) is 0 Å². The first-order valence-electron chi connectivity index (χ1n) is 8.75. The average molecular weight is 341 g/mol. The van der Waals surface area contributed by atoms with Crippen LogP contribution in [0.4, 0.5) is 4.39 Å². The first kappa shape index (κ1) is 16.1. The molecule has 4 rings (SSSR count). The maximum atomic E-state index is 13.0. The summed E-state index contributed by atoms with van der Waals surface area (Å²) in [5.74, 6) is 0.586. The maximum absolute atomic E-state index is 13.0. The van der Waals surface area contributed by atoms with Crippen molar-refractivity contribution in [1.29, 1.82) is 0 Å². The molecule has 2 aromatic rings. The molecule has 0 radical (unpaired) electrons. The minimum Gasteiger partial charge on any atom is -0.469 e. The smallest absolute Gasteiger partial charge is 0.226 e. The molecule has 1 aromatic carbocycles. The van der Waals surface area contributed by atoms with Crippen LogP contribution in [0.1, 0.15) is 41.3 Å². The Kier molecular flexibility index (Phi) is 4.15. The van der Waals surface area contributed by atoms with Gasteiger partial charge in [0, 0.05) is 36.4 Å². The second-order valence-electron chi connectivity index (χ2n) is 6.96. The lowest BCUT2D eigenvalue weighted by atomic mass is 9.89. The van der Waals surface area contributed by atoms with Gasteiger partial charge in [-0.15, -0.1) is 0 Å². The molecule has 0 spiro atoms. The molecule has 0 unspecified atom stereocenters. The van der Waals surface area contributed by atoms with Crippen LogP contribution in [0.25, 0.3) is 0 Å². The van der Waals surface area contributed by atoms with Crippen molar-refractivity contribution in [2.45, 2.75) is 25.2 Å². The second-order valence-corrected chi connectivity index (χ2v) is 6.96. The third-order valence-electron chi connectivity index (χ3n) is 5.25. The van der Waals surface area contributed by atoms with E-state index in [0.717, 1.165) is 25.0 Å². The molecule has 2 heterocycles. The van der Waals surface area contributed by atoms with Crippen LogP contribution in [0, 0.1) is 17.7 Å². The van der Waals surface area contributed by atoms with Gasteiger partial charge in [0.2, 0.25) is 5.91 Å².